The van der Waals surface area contributed by atoms with Gasteiger partial charge in [0.05, 0.1) is 12.2 Å². The van der Waals surface area contributed by atoms with Gasteiger partial charge in [0, 0.05) is 18.1 Å². The van der Waals surface area contributed by atoms with Crippen molar-refractivity contribution in [1.82, 2.24) is 5.32 Å². The number of nitrogens with one attached hydrogen (secondary N) is 1. The van der Waals surface area contributed by atoms with Crippen LogP contribution in [0.1, 0.15) is 40.5 Å². The monoisotopic (exact) mass is 403 g/mol. The van der Waals surface area contributed by atoms with Crippen LogP contribution in [0, 0.1) is 0 Å². The molecule has 9 heteroatoms. The lowest BCUT2D eigenvalue weighted by Crippen LogP contribution is -2.59. The highest BCUT2D eigenvalue weighted by molar-refractivity contribution is 6.14. The van der Waals surface area contributed by atoms with E-state index in [1.807, 2.05) is 41.6 Å². The molecular weight excluding hydrogens is 365 g/mol. The summed E-state index contributed by atoms with van der Waals surface area (Å²) in [7, 11) is 2.04. The van der Waals surface area contributed by atoms with Crippen molar-refractivity contribution >= 4 is 7.85 Å². The quantitative estimate of drug-likeness (QED) is 0.206. The normalized spacial score (nSPS) is 31.9. The summed E-state index contributed by atoms with van der Waals surface area (Å²) in [5.41, 5.74) is -0.836. The average Bonchev–Trinajstić information content (AvgIpc) is 2.61. The molecule has 1 rings (SSSR count). The molecule has 1 fully saturated rings. The van der Waals surface area contributed by atoms with Crippen LogP contribution >= 0.6 is 0 Å². The maximum absolute atomic E-state index is 9.98. The van der Waals surface area contributed by atoms with Crippen molar-refractivity contribution in [3.8, 4) is 0 Å². The van der Waals surface area contributed by atoms with E-state index in [0.29, 0.717) is 13.0 Å². The van der Waals surface area contributed by atoms with Gasteiger partial charge in [-0.15, -0.1) is 6.58 Å². The topological polar surface area (TPSA) is 121 Å². The second kappa shape index (κ2) is 11.0. The Hall–Kier alpha value is -0.515. The Morgan fingerprint density at radius 3 is 2.36 bits per heavy atom. The van der Waals surface area contributed by atoms with E-state index in [2.05, 4.69) is 11.9 Å². The number of aliphatic hydroxyl groups excluding tert-OH is 4. The predicted molar refractivity (Wildman–Crippen MR) is 109 cm³/mol. The Balaban J connectivity index is 2.36. The summed E-state index contributed by atoms with van der Waals surface area (Å²) in [5.74, 6) is 0. The Labute approximate surface area is 169 Å². The first-order chi connectivity index (χ1) is 12.9. The Bertz CT molecular complexity index is 477. The second-order valence-electron chi connectivity index (χ2n) is 8.69. The average molecular weight is 403 g/mol. The molecule has 5 N–H and O–H groups in total. The van der Waals surface area contributed by atoms with Crippen LogP contribution in [0.15, 0.2) is 12.7 Å². The molecule has 7 atom stereocenters. The van der Waals surface area contributed by atoms with Crippen molar-refractivity contribution in [3.63, 3.8) is 0 Å². The van der Waals surface area contributed by atoms with Crippen molar-refractivity contribution < 1.29 is 34.6 Å². The summed E-state index contributed by atoms with van der Waals surface area (Å²) in [6, 6.07) is 0.263. The van der Waals surface area contributed by atoms with Crippen LogP contribution in [0.4, 0.5) is 0 Å². The van der Waals surface area contributed by atoms with E-state index in [1.165, 1.54) is 0 Å². The summed E-state index contributed by atoms with van der Waals surface area (Å²) in [4.78, 5) is 0. The lowest BCUT2D eigenvalue weighted by atomic mass is 9.80. The minimum atomic E-state index is -1.56. The molecule has 0 aliphatic carbocycles. The molecule has 0 spiro atoms. The minimum absolute atomic E-state index is 0.0260. The van der Waals surface area contributed by atoms with Crippen molar-refractivity contribution in [3.05, 3.63) is 12.7 Å². The first-order valence-corrected chi connectivity index (χ1v) is 9.90. The van der Waals surface area contributed by atoms with Gasteiger partial charge >= 0.3 is 0 Å². The molecule has 28 heavy (non-hydrogen) atoms. The molecule has 7 unspecified atom stereocenters. The van der Waals surface area contributed by atoms with Crippen LogP contribution in [0.2, 0.25) is 0 Å². The number of rotatable bonds is 12. The van der Waals surface area contributed by atoms with Gasteiger partial charge < -0.3 is 40.0 Å². The zero-order valence-corrected chi connectivity index (χ0v) is 17.8. The number of ether oxygens (including phenoxy) is 3. The first-order valence-electron chi connectivity index (χ1n) is 9.90. The van der Waals surface area contributed by atoms with Crippen molar-refractivity contribution in [1.29, 1.82) is 0 Å². The molecule has 0 bridgehead atoms. The summed E-state index contributed by atoms with van der Waals surface area (Å²) in [6.07, 6.45) is -3.52. The van der Waals surface area contributed by atoms with Gasteiger partial charge in [-0.3, -0.25) is 0 Å². The highest BCUT2D eigenvalue weighted by atomic mass is 16.6. The van der Waals surface area contributed by atoms with Crippen LogP contribution in [0.3, 0.4) is 0 Å². The van der Waals surface area contributed by atoms with E-state index in [9.17, 15) is 20.4 Å². The summed E-state index contributed by atoms with van der Waals surface area (Å²) >= 11 is 0. The van der Waals surface area contributed by atoms with Crippen LogP contribution < -0.4 is 5.32 Å². The van der Waals surface area contributed by atoms with Gasteiger partial charge in [-0.2, -0.15) is 0 Å². The standard InChI is InChI=1S/C19H38BNO7/c1-6-12(2)21-9-7-19(5,20)26-10-8-18(3,4)27-11-13-14(22)15(23)16(24)17(25)28-13/h6,12-17,21-25H,1,7-11,20H2,2-5H3. The second-order valence-corrected chi connectivity index (χ2v) is 8.69. The van der Waals surface area contributed by atoms with Gasteiger partial charge in [0.15, 0.2) is 6.29 Å². The molecular formula is C19H38BNO7. The van der Waals surface area contributed by atoms with Crippen LogP contribution in [0.5, 0.6) is 0 Å². The molecule has 0 aromatic rings. The molecule has 1 saturated heterocycles. The third-order valence-corrected chi connectivity index (χ3v) is 5.07. The van der Waals surface area contributed by atoms with Crippen LogP contribution in [-0.2, 0) is 14.2 Å². The molecule has 0 saturated carbocycles. The molecule has 0 amide bonds. The van der Waals surface area contributed by atoms with E-state index in [1.54, 1.807) is 0 Å². The van der Waals surface area contributed by atoms with Crippen molar-refractivity contribution in [2.24, 2.45) is 0 Å². The van der Waals surface area contributed by atoms with E-state index in [4.69, 9.17) is 14.2 Å². The first kappa shape index (κ1) is 25.5. The molecule has 1 heterocycles. The fraction of sp³-hybridized carbons (Fsp3) is 0.895. The lowest BCUT2D eigenvalue weighted by Gasteiger charge is -2.39. The number of hydrogen-bond donors (Lipinski definition) is 5. The summed E-state index contributed by atoms with van der Waals surface area (Å²) < 4.78 is 17.0. The van der Waals surface area contributed by atoms with E-state index >= 15 is 0 Å². The highest BCUT2D eigenvalue weighted by Crippen LogP contribution is 2.23. The molecule has 0 aromatic carbocycles. The smallest absolute Gasteiger partial charge is 0.184 e. The molecule has 8 nitrogen and oxygen atoms in total. The Morgan fingerprint density at radius 2 is 1.75 bits per heavy atom. The third kappa shape index (κ3) is 8.46. The van der Waals surface area contributed by atoms with Gasteiger partial charge in [0.1, 0.15) is 32.3 Å². The van der Waals surface area contributed by atoms with E-state index in [0.717, 1.165) is 13.0 Å². The fourth-order valence-electron chi connectivity index (χ4n) is 2.78. The minimum Gasteiger partial charge on any atom is -0.387 e. The summed E-state index contributed by atoms with van der Waals surface area (Å²) in [6.45, 7) is 12.9. The van der Waals surface area contributed by atoms with Gasteiger partial charge in [-0.05, 0) is 47.1 Å². The molecule has 1 aliphatic rings. The summed E-state index contributed by atoms with van der Waals surface area (Å²) in [5, 5.41) is 42.2. The van der Waals surface area contributed by atoms with Gasteiger partial charge in [0.2, 0.25) is 0 Å². The zero-order chi connectivity index (χ0) is 21.5. The SMILES string of the molecule is BC(C)(CCNC(C)C=C)OCCC(C)(C)OCC1OC(O)C(O)C(O)C1O. The number of aliphatic hydroxyl groups is 4. The van der Waals surface area contributed by atoms with E-state index in [-0.39, 0.29) is 18.1 Å². The maximum atomic E-state index is 9.98. The zero-order valence-electron chi connectivity index (χ0n) is 17.8. The van der Waals surface area contributed by atoms with Crippen molar-refractivity contribution in [2.45, 2.75) is 88.4 Å². The Morgan fingerprint density at radius 1 is 1.11 bits per heavy atom. The van der Waals surface area contributed by atoms with Crippen molar-refractivity contribution in [2.75, 3.05) is 19.8 Å². The van der Waals surface area contributed by atoms with Gasteiger partial charge in [0.25, 0.3) is 0 Å². The van der Waals surface area contributed by atoms with Gasteiger partial charge in [-0.25, -0.2) is 0 Å². The largest absolute Gasteiger partial charge is 0.387 e. The molecule has 1 aliphatic heterocycles. The molecule has 0 radical (unpaired) electrons. The maximum Gasteiger partial charge on any atom is 0.184 e. The lowest BCUT2D eigenvalue weighted by molar-refractivity contribution is -0.292. The molecule has 0 aromatic heterocycles. The molecule has 164 valence electrons. The fourth-order valence-corrected chi connectivity index (χ4v) is 2.78. The highest BCUT2D eigenvalue weighted by Gasteiger charge is 2.43. The van der Waals surface area contributed by atoms with E-state index < -0.39 is 36.3 Å². The number of hydrogen-bond acceptors (Lipinski definition) is 8. The Kier molecular flexibility index (Phi) is 10.1. The van der Waals surface area contributed by atoms with Crippen LogP contribution in [-0.4, -0.2) is 95.9 Å². The third-order valence-electron chi connectivity index (χ3n) is 5.07. The van der Waals surface area contributed by atoms with Gasteiger partial charge in [-0.1, -0.05) is 6.08 Å². The predicted octanol–water partition coefficient (Wildman–Crippen LogP) is -1.11. The van der Waals surface area contributed by atoms with Crippen LogP contribution in [0.25, 0.3) is 0 Å².